The quantitative estimate of drug-likeness (QED) is 0.121. The van der Waals surface area contributed by atoms with E-state index >= 15 is 0 Å². The number of benzene rings is 3. The Hall–Kier alpha value is -3.68. The van der Waals surface area contributed by atoms with Crippen LogP contribution in [0.25, 0.3) is 10.2 Å². The molecular weight excluding hydrogens is 683 g/mol. The average molecular weight is 736 g/mol. The van der Waals surface area contributed by atoms with E-state index in [1.54, 1.807) is 18.2 Å². The van der Waals surface area contributed by atoms with Crippen molar-refractivity contribution in [2.45, 2.75) is 90.4 Å². The number of nitrogens with zero attached hydrogens (tertiary/aromatic N) is 2. The predicted octanol–water partition coefficient (Wildman–Crippen LogP) is 5.40. The minimum absolute atomic E-state index is 0.0211. The number of nitrogens with one attached hydrogen (secondary N) is 3. The maximum Gasteiger partial charge on any atom is 0.243 e. The first-order chi connectivity index (χ1) is 23.9. The number of aryl methyl sites for hydroxylation is 1. The summed E-state index contributed by atoms with van der Waals surface area (Å²) in [5, 5.41) is 21.9. The molecule has 0 aliphatic heterocycles. The fraction of sp³-hybridized carbons (Fsp3) is 0.462. The predicted molar refractivity (Wildman–Crippen MR) is 205 cm³/mol. The van der Waals surface area contributed by atoms with Crippen molar-refractivity contribution in [3.05, 3.63) is 95.0 Å². The molecule has 4 N–H and O–H groups in total. The molecule has 0 spiro atoms. The molecule has 10 nitrogen and oxygen atoms in total. The van der Waals surface area contributed by atoms with Crippen LogP contribution in [0.3, 0.4) is 0 Å². The van der Waals surface area contributed by atoms with Crippen LogP contribution in [0.5, 0.6) is 0 Å². The molecule has 0 radical (unpaired) electrons. The number of rotatable bonds is 16. The van der Waals surface area contributed by atoms with Gasteiger partial charge in [0.15, 0.2) is 0 Å². The summed E-state index contributed by atoms with van der Waals surface area (Å²) >= 11 is 1.42. The van der Waals surface area contributed by atoms with Crippen LogP contribution in [-0.2, 0) is 31.6 Å². The minimum atomic E-state index is -4.03. The molecule has 0 bridgehead atoms. The summed E-state index contributed by atoms with van der Waals surface area (Å²) in [7, 11) is -4.03. The first kappa shape index (κ1) is 40.1. The maximum absolute atomic E-state index is 14.1. The summed E-state index contributed by atoms with van der Waals surface area (Å²) in [4.78, 5) is 31.9. The van der Waals surface area contributed by atoms with Crippen molar-refractivity contribution >= 4 is 43.4 Å². The van der Waals surface area contributed by atoms with Gasteiger partial charge in [-0.15, -0.1) is 11.3 Å². The Kier molecular flexibility index (Phi) is 13.2. The zero-order valence-electron chi connectivity index (χ0n) is 30.9. The molecule has 4 rings (SSSR count). The van der Waals surface area contributed by atoms with Crippen molar-refractivity contribution in [2.24, 2.45) is 11.3 Å². The van der Waals surface area contributed by atoms with Gasteiger partial charge in [-0.2, -0.15) is 4.31 Å². The van der Waals surface area contributed by atoms with Gasteiger partial charge in [-0.1, -0.05) is 95.3 Å². The Labute approximate surface area is 307 Å². The molecule has 0 aliphatic rings. The van der Waals surface area contributed by atoms with E-state index in [9.17, 15) is 23.1 Å². The third-order valence-corrected chi connectivity index (χ3v) is 11.5. The van der Waals surface area contributed by atoms with Gasteiger partial charge in [-0.25, -0.2) is 13.4 Å². The molecule has 3 atom stereocenters. The van der Waals surface area contributed by atoms with Crippen molar-refractivity contribution in [2.75, 3.05) is 19.6 Å². The molecule has 51 heavy (non-hydrogen) atoms. The number of hydrogen-bond acceptors (Lipinski definition) is 8. The summed E-state index contributed by atoms with van der Waals surface area (Å²) < 4.78 is 30.3. The van der Waals surface area contributed by atoms with Crippen LogP contribution in [-0.4, -0.2) is 72.4 Å². The zero-order chi connectivity index (χ0) is 37.6. The van der Waals surface area contributed by atoms with E-state index < -0.39 is 45.1 Å². The molecule has 276 valence electrons. The number of carbonyl (C=O) groups excluding carboxylic acids is 2. The standard InChI is InChI=1S/C39H53N5O5S2/c1-26(2)24-44(51(48,49)30-19-20-31-34(22-30)50-27(3)41-31)25-33(45)32(21-28-15-11-9-12-16-28)42-37(47)36(38(4,5)6)43-35(46)23-40-39(7,8)29-17-13-10-14-18-29/h9-20,22,26,32-33,36,40,45H,21,23-25H2,1-8H3,(H,42,47)(H,43,46)/t32-,33+,36+/m0/s1. The molecule has 2 amide bonds. The van der Waals surface area contributed by atoms with Crippen LogP contribution < -0.4 is 16.0 Å². The summed E-state index contributed by atoms with van der Waals surface area (Å²) in [6.07, 6.45) is -1.03. The lowest BCUT2D eigenvalue weighted by Gasteiger charge is -2.35. The van der Waals surface area contributed by atoms with Crippen molar-refractivity contribution in [3.8, 4) is 0 Å². The van der Waals surface area contributed by atoms with Gasteiger partial charge in [-0.3, -0.25) is 14.9 Å². The highest BCUT2D eigenvalue weighted by atomic mass is 32.2. The van der Waals surface area contributed by atoms with Crippen molar-refractivity contribution < 1.29 is 23.1 Å². The van der Waals surface area contributed by atoms with Gasteiger partial charge in [0.1, 0.15) is 6.04 Å². The van der Waals surface area contributed by atoms with Crippen molar-refractivity contribution in [1.29, 1.82) is 0 Å². The number of hydrogen-bond donors (Lipinski definition) is 4. The second-order valence-electron chi connectivity index (χ2n) is 15.2. The van der Waals surface area contributed by atoms with E-state index in [4.69, 9.17) is 0 Å². The number of aromatic nitrogens is 1. The van der Waals surface area contributed by atoms with Crippen LogP contribution in [0.15, 0.2) is 83.8 Å². The molecule has 0 saturated heterocycles. The molecule has 4 aromatic rings. The Balaban J connectivity index is 1.56. The van der Waals surface area contributed by atoms with E-state index in [-0.39, 0.29) is 42.8 Å². The number of sulfonamides is 1. The summed E-state index contributed by atoms with van der Waals surface area (Å²) in [5.74, 6) is -0.858. The van der Waals surface area contributed by atoms with Crippen molar-refractivity contribution in [3.63, 3.8) is 0 Å². The zero-order valence-corrected chi connectivity index (χ0v) is 32.6. The summed E-state index contributed by atoms with van der Waals surface area (Å²) in [6, 6.07) is 22.3. The van der Waals surface area contributed by atoms with E-state index in [0.717, 1.165) is 26.4 Å². The number of aliphatic hydroxyl groups is 1. The van der Waals surface area contributed by atoms with Crippen LogP contribution in [0.4, 0.5) is 0 Å². The van der Waals surface area contributed by atoms with Crippen LogP contribution in [0.2, 0.25) is 0 Å². The monoisotopic (exact) mass is 735 g/mol. The number of aliphatic hydroxyl groups excluding tert-OH is 1. The highest BCUT2D eigenvalue weighted by Gasteiger charge is 2.37. The molecular formula is C39H53N5O5S2. The lowest BCUT2D eigenvalue weighted by Crippen LogP contribution is -2.59. The molecule has 0 saturated carbocycles. The van der Waals surface area contributed by atoms with Gasteiger partial charge in [0.05, 0.1) is 38.8 Å². The van der Waals surface area contributed by atoms with Gasteiger partial charge in [0.2, 0.25) is 21.8 Å². The Bertz CT molecular complexity index is 1870. The van der Waals surface area contributed by atoms with Gasteiger partial charge < -0.3 is 15.7 Å². The van der Waals surface area contributed by atoms with Crippen molar-refractivity contribution in [1.82, 2.24) is 25.2 Å². The first-order valence-corrected chi connectivity index (χ1v) is 19.6. The number of carbonyl (C=O) groups is 2. The molecule has 0 unspecified atom stereocenters. The molecule has 12 heteroatoms. The maximum atomic E-state index is 14.1. The van der Waals surface area contributed by atoms with E-state index in [2.05, 4.69) is 20.9 Å². The minimum Gasteiger partial charge on any atom is -0.390 e. The van der Waals surface area contributed by atoms with E-state index in [1.807, 2.05) is 116 Å². The fourth-order valence-electron chi connectivity index (χ4n) is 5.91. The van der Waals surface area contributed by atoms with Crippen LogP contribution in [0, 0.1) is 18.3 Å². The Morgan fingerprint density at radius 2 is 1.53 bits per heavy atom. The molecule has 0 fully saturated rings. The number of thiazole rings is 1. The molecule has 1 aromatic heterocycles. The second kappa shape index (κ2) is 16.8. The molecule has 3 aromatic carbocycles. The lowest BCUT2D eigenvalue weighted by molar-refractivity contribution is -0.132. The number of fused-ring (bicyclic) bond motifs is 1. The van der Waals surface area contributed by atoms with Crippen LogP contribution in [0.1, 0.15) is 64.6 Å². The molecule has 0 aliphatic carbocycles. The van der Waals surface area contributed by atoms with E-state index in [0.29, 0.717) is 0 Å². The molecule has 1 heterocycles. The van der Waals surface area contributed by atoms with Gasteiger partial charge in [0, 0.05) is 18.6 Å². The van der Waals surface area contributed by atoms with Gasteiger partial charge in [0.25, 0.3) is 0 Å². The smallest absolute Gasteiger partial charge is 0.243 e. The van der Waals surface area contributed by atoms with E-state index in [1.165, 1.54) is 15.6 Å². The summed E-state index contributed by atoms with van der Waals surface area (Å²) in [6.45, 7) is 15.2. The SMILES string of the molecule is Cc1nc2ccc(S(=O)(=O)N(CC(C)C)C[C@@H](O)[C@H](Cc3ccccc3)NC(=O)[C@@H](NC(=O)CNC(C)(C)c3ccccc3)C(C)(C)C)cc2s1. The fourth-order valence-corrected chi connectivity index (χ4v) is 8.50. The highest BCUT2D eigenvalue weighted by Crippen LogP contribution is 2.27. The normalized spacial score (nSPS) is 14.4. The first-order valence-electron chi connectivity index (χ1n) is 17.4. The Morgan fingerprint density at radius 3 is 2.14 bits per heavy atom. The van der Waals surface area contributed by atoms with Crippen LogP contribution >= 0.6 is 11.3 Å². The van der Waals surface area contributed by atoms with Gasteiger partial charge in [-0.05, 0) is 67.9 Å². The lowest BCUT2D eigenvalue weighted by atomic mass is 9.85. The number of amides is 2. The second-order valence-corrected chi connectivity index (χ2v) is 18.3. The Morgan fingerprint density at radius 1 is 0.902 bits per heavy atom. The topological polar surface area (TPSA) is 141 Å². The third kappa shape index (κ3) is 10.9. The van der Waals surface area contributed by atoms with Gasteiger partial charge >= 0.3 is 0 Å². The highest BCUT2D eigenvalue weighted by molar-refractivity contribution is 7.89. The largest absolute Gasteiger partial charge is 0.390 e. The summed E-state index contributed by atoms with van der Waals surface area (Å²) in [5.41, 5.74) is 1.44. The average Bonchev–Trinajstić information content (AvgIpc) is 3.45. The third-order valence-electron chi connectivity index (χ3n) is 8.77.